The van der Waals surface area contributed by atoms with Crippen LogP contribution in [0.15, 0.2) is 48.5 Å². The predicted molar refractivity (Wildman–Crippen MR) is 87.5 cm³/mol. The van der Waals surface area contributed by atoms with Gasteiger partial charge in [0.05, 0.1) is 5.41 Å². The largest absolute Gasteiger partial charge is 0.337 e. The summed E-state index contributed by atoms with van der Waals surface area (Å²) in [6, 6.07) is 15.0. The Kier molecular flexibility index (Phi) is 3.44. The summed E-state index contributed by atoms with van der Waals surface area (Å²) >= 11 is 0. The molecule has 1 heterocycles. The number of nitrogens with zero attached hydrogens (tertiary/aromatic N) is 1. The minimum Gasteiger partial charge on any atom is -0.337 e. The third kappa shape index (κ3) is 2.26. The molecule has 1 aliphatic heterocycles. The van der Waals surface area contributed by atoms with Gasteiger partial charge in [0.15, 0.2) is 0 Å². The molecule has 2 nitrogen and oxygen atoms in total. The van der Waals surface area contributed by atoms with E-state index < -0.39 is 5.41 Å². The van der Waals surface area contributed by atoms with Crippen LogP contribution in [-0.4, -0.2) is 17.4 Å². The molecule has 0 radical (unpaired) electrons. The number of fused-ring (bicyclic) bond motifs is 1. The molecule has 0 unspecified atom stereocenters. The number of hydrogen-bond acceptors (Lipinski definition) is 1. The van der Waals surface area contributed by atoms with Crippen LogP contribution in [0.5, 0.6) is 0 Å². The van der Waals surface area contributed by atoms with Gasteiger partial charge in [-0.3, -0.25) is 4.79 Å². The topological polar surface area (TPSA) is 20.3 Å². The number of halogens is 1. The zero-order valence-electron chi connectivity index (χ0n) is 13.1. The van der Waals surface area contributed by atoms with Crippen molar-refractivity contribution in [1.82, 2.24) is 4.90 Å². The quantitative estimate of drug-likeness (QED) is 0.825. The van der Waals surface area contributed by atoms with E-state index in [4.69, 9.17) is 0 Å². The lowest BCUT2D eigenvalue weighted by Crippen LogP contribution is -2.52. The highest BCUT2D eigenvalue weighted by atomic mass is 19.1. The van der Waals surface area contributed by atoms with Crippen molar-refractivity contribution in [3.05, 3.63) is 71.0 Å². The second-order valence-electron chi connectivity index (χ2n) is 6.66. The Morgan fingerprint density at radius 3 is 2.39 bits per heavy atom. The first-order chi connectivity index (χ1) is 11.2. The standard InChI is InChI=1S/C20H20FNO/c21-18-9-4-3-8-17(18)20(11-5-12-20)19(23)22-13-10-15-6-1-2-7-16(15)14-22/h1-4,6-9H,5,10-14H2. The molecule has 1 saturated carbocycles. The van der Waals surface area contributed by atoms with Gasteiger partial charge in [0.1, 0.15) is 5.82 Å². The van der Waals surface area contributed by atoms with Crippen LogP contribution in [0.2, 0.25) is 0 Å². The van der Waals surface area contributed by atoms with Crippen molar-refractivity contribution in [1.29, 1.82) is 0 Å². The molecule has 23 heavy (non-hydrogen) atoms. The van der Waals surface area contributed by atoms with Gasteiger partial charge in [-0.15, -0.1) is 0 Å². The molecule has 1 fully saturated rings. The number of carbonyl (C=O) groups is 1. The van der Waals surface area contributed by atoms with E-state index in [2.05, 4.69) is 12.1 Å². The third-order valence-corrected chi connectivity index (χ3v) is 5.42. The summed E-state index contributed by atoms with van der Waals surface area (Å²) in [5.74, 6) is -0.152. The maximum absolute atomic E-state index is 14.3. The number of rotatable bonds is 2. The molecule has 0 spiro atoms. The predicted octanol–water partition coefficient (Wildman–Crippen LogP) is 3.83. The van der Waals surface area contributed by atoms with Crippen LogP contribution in [0, 0.1) is 5.82 Å². The van der Waals surface area contributed by atoms with Gasteiger partial charge in [-0.05, 0) is 36.5 Å². The Balaban J connectivity index is 1.65. The highest BCUT2D eigenvalue weighted by molar-refractivity contribution is 5.89. The highest BCUT2D eigenvalue weighted by Crippen LogP contribution is 2.46. The summed E-state index contributed by atoms with van der Waals surface area (Å²) in [6.07, 6.45) is 3.38. The van der Waals surface area contributed by atoms with Crippen molar-refractivity contribution in [3.63, 3.8) is 0 Å². The summed E-state index contributed by atoms with van der Waals surface area (Å²) in [4.78, 5) is 15.1. The van der Waals surface area contributed by atoms with E-state index in [9.17, 15) is 9.18 Å². The van der Waals surface area contributed by atoms with E-state index in [0.717, 1.165) is 32.2 Å². The molecule has 2 aromatic rings. The van der Waals surface area contributed by atoms with Crippen LogP contribution in [0.1, 0.15) is 36.0 Å². The molecule has 0 saturated heterocycles. The minimum absolute atomic E-state index is 0.100. The molecule has 0 bridgehead atoms. The fourth-order valence-electron chi connectivity index (χ4n) is 3.95. The number of carbonyl (C=O) groups excluding carboxylic acids is 1. The first-order valence-electron chi connectivity index (χ1n) is 8.32. The van der Waals surface area contributed by atoms with Gasteiger partial charge in [-0.2, -0.15) is 0 Å². The maximum Gasteiger partial charge on any atom is 0.233 e. The molecule has 0 N–H and O–H groups in total. The lowest BCUT2D eigenvalue weighted by molar-refractivity contribution is -0.142. The van der Waals surface area contributed by atoms with Gasteiger partial charge in [-0.25, -0.2) is 4.39 Å². The van der Waals surface area contributed by atoms with Gasteiger partial charge in [0.25, 0.3) is 0 Å². The Labute approximate surface area is 135 Å². The molecule has 1 amide bonds. The zero-order valence-corrected chi connectivity index (χ0v) is 13.1. The third-order valence-electron chi connectivity index (χ3n) is 5.42. The molecule has 0 aromatic heterocycles. The van der Waals surface area contributed by atoms with Gasteiger partial charge < -0.3 is 4.90 Å². The molecule has 2 aliphatic rings. The van der Waals surface area contributed by atoms with E-state index in [0.29, 0.717) is 12.1 Å². The van der Waals surface area contributed by atoms with Gasteiger partial charge in [0.2, 0.25) is 5.91 Å². The summed E-state index contributed by atoms with van der Waals surface area (Å²) in [6.45, 7) is 1.37. The summed E-state index contributed by atoms with van der Waals surface area (Å²) in [5, 5.41) is 0. The first-order valence-corrected chi connectivity index (χ1v) is 8.32. The van der Waals surface area contributed by atoms with Crippen molar-refractivity contribution in [3.8, 4) is 0 Å². The summed E-state index contributed by atoms with van der Waals surface area (Å²) < 4.78 is 14.3. The van der Waals surface area contributed by atoms with Crippen LogP contribution in [0.4, 0.5) is 4.39 Å². The van der Waals surface area contributed by atoms with E-state index in [1.807, 2.05) is 23.1 Å². The average molecular weight is 309 g/mol. The second kappa shape index (κ2) is 5.48. The molecular formula is C20H20FNO. The van der Waals surface area contributed by atoms with Crippen LogP contribution in [-0.2, 0) is 23.2 Å². The number of hydrogen-bond donors (Lipinski definition) is 0. The normalized spacial score (nSPS) is 18.9. The molecule has 1 aliphatic carbocycles. The van der Waals surface area contributed by atoms with Gasteiger partial charge >= 0.3 is 0 Å². The lowest BCUT2D eigenvalue weighted by Gasteiger charge is -2.45. The number of benzene rings is 2. The van der Waals surface area contributed by atoms with Crippen molar-refractivity contribution < 1.29 is 9.18 Å². The summed E-state index contributed by atoms with van der Waals surface area (Å²) in [5.41, 5.74) is 2.48. The van der Waals surface area contributed by atoms with Gasteiger partial charge in [-0.1, -0.05) is 48.9 Å². The lowest BCUT2D eigenvalue weighted by atomic mass is 9.63. The summed E-state index contributed by atoms with van der Waals surface area (Å²) in [7, 11) is 0. The monoisotopic (exact) mass is 309 g/mol. The Morgan fingerprint density at radius 1 is 1.00 bits per heavy atom. The molecular weight excluding hydrogens is 289 g/mol. The van der Waals surface area contributed by atoms with Crippen molar-refractivity contribution in [2.24, 2.45) is 0 Å². The molecule has 4 rings (SSSR count). The average Bonchev–Trinajstić information content (AvgIpc) is 2.55. The fourth-order valence-corrected chi connectivity index (χ4v) is 3.95. The van der Waals surface area contributed by atoms with E-state index in [-0.39, 0.29) is 11.7 Å². The molecule has 2 aromatic carbocycles. The van der Waals surface area contributed by atoms with Crippen molar-refractivity contribution in [2.45, 2.75) is 37.6 Å². The Hall–Kier alpha value is -2.16. The highest BCUT2D eigenvalue weighted by Gasteiger charge is 2.49. The Bertz CT molecular complexity index is 751. The van der Waals surface area contributed by atoms with Crippen LogP contribution < -0.4 is 0 Å². The van der Waals surface area contributed by atoms with Gasteiger partial charge in [0, 0.05) is 18.7 Å². The smallest absolute Gasteiger partial charge is 0.233 e. The number of amides is 1. The second-order valence-corrected chi connectivity index (χ2v) is 6.66. The van der Waals surface area contributed by atoms with Crippen molar-refractivity contribution >= 4 is 5.91 Å². The van der Waals surface area contributed by atoms with E-state index in [1.54, 1.807) is 12.1 Å². The van der Waals surface area contributed by atoms with Crippen LogP contribution in [0.3, 0.4) is 0 Å². The molecule has 3 heteroatoms. The molecule has 0 atom stereocenters. The fraction of sp³-hybridized carbons (Fsp3) is 0.350. The zero-order chi connectivity index (χ0) is 15.9. The van der Waals surface area contributed by atoms with Crippen LogP contribution in [0.25, 0.3) is 0 Å². The Morgan fingerprint density at radius 2 is 1.70 bits per heavy atom. The SMILES string of the molecule is O=C(N1CCc2ccccc2C1)C1(c2ccccc2F)CCC1. The van der Waals surface area contributed by atoms with E-state index >= 15 is 0 Å². The minimum atomic E-state index is -0.641. The maximum atomic E-state index is 14.3. The molecule has 118 valence electrons. The van der Waals surface area contributed by atoms with E-state index in [1.165, 1.54) is 17.2 Å². The van der Waals surface area contributed by atoms with Crippen molar-refractivity contribution in [2.75, 3.05) is 6.54 Å². The first kappa shape index (κ1) is 14.4. The van der Waals surface area contributed by atoms with Crippen LogP contribution >= 0.6 is 0 Å².